The molecule has 0 N–H and O–H groups in total. The first-order chi connectivity index (χ1) is 12.0. The molecular formula is C18H26N4O3. The first kappa shape index (κ1) is 17.7. The van der Waals surface area contributed by atoms with Gasteiger partial charge in [-0.1, -0.05) is 6.07 Å². The average molecular weight is 346 g/mol. The summed E-state index contributed by atoms with van der Waals surface area (Å²) >= 11 is 0. The monoisotopic (exact) mass is 346 g/mol. The molecule has 0 aromatic carbocycles. The van der Waals surface area contributed by atoms with E-state index in [4.69, 9.17) is 4.74 Å². The molecule has 3 heterocycles. The highest BCUT2D eigenvalue weighted by Gasteiger charge is 2.40. The highest BCUT2D eigenvalue weighted by atomic mass is 16.5. The van der Waals surface area contributed by atoms with Crippen molar-refractivity contribution >= 4 is 11.9 Å². The van der Waals surface area contributed by atoms with Gasteiger partial charge in [0.05, 0.1) is 30.9 Å². The third kappa shape index (κ3) is 3.92. The fraction of sp³-hybridized carbons (Fsp3) is 0.611. The van der Waals surface area contributed by atoms with Gasteiger partial charge in [0.1, 0.15) is 0 Å². The predicted molar refractivity (Wildman–Crippen MR) is 92.9 cm³/mol. The van der Waals surface area contributed by atoms with Crippen LogP contribution in [-0.4, -0.2) is 78.1 Å². The number of carbonyl (C=O) groups is 2. The molecule has 0 unspecified atom stereocenters. The zero-order valence-corrected chi connectivity index (χ0v) is 15.1. The van der Waals surface area contributed by atoms with E-state index in [9.17, 15) is 9.59 Å². The van der Waals surface area contributed by atoms with Gasteiger partial charge >= 0.3 is 6.03 Å². The van der Waals surface area contributed by atoms with Crippen molar-refractivity contribution in [2.45, 2.75) is 26.0 Å². The Morgan fingerprint density at radius 2 is 2.16 bits per heavy atom. The van der Waals surface area contributed by atoms with Gasteiger partial charge in [0.15, 0.2) is 0 Å². The second-order valence-electron chi connectivity index (χ2n) is 6.96. The molecule has 7 nitrogen and oxygen atoms in total. The molecule has 2 saturated heterocycles. The van der Waals surface area contributed by atoms with Gasteiger partial charge in [0.25, 0.3) is 0 Å². The van der Waals surface area contributed by atoms with Crippen LogP contribution in [0, 0.1) is 12.8 Å². The molecule has 0 bridgehead atoms. The van der Waals surface area contributed by atoms with Gasteiger partial charge in [-0.3, -0.25) is 9.78 Å². The van der Waals surface area contributed by atoms with E-state index >= 15 is 0 Å². The maximum absolute atomic E-state index is 13.0. The molecule has 1 aromatic rings. The van der Waals surface area contributed by atoms with Crippen molar-refractivity contribution in [1.29, 1.82) is 0 Å². The Labute approximate surface area is 148 Å². The van der Waals surface area contributed by atoms with E-state index in [0.717, 1.165) is 11.4 Å². The third-order valence-electron chi connectivity index (χ3n) is 4.83. The Morgan fingerprint density at radius 3 is 2.88 bits per heavy atom. The zero-order valence-electron chi connectivity index (χ0n) is 15.1. The summed E-state index contributed by atoms with van der Waals surface area (Å²) in [6.45, 7) is 4.57. The van der Waals surface area contributed by atoms with Crippen LogP contribution in [0.5, 0.6) is 0 Å². The predicted octanol–water partition coefficient (Wildman–Crippen LogP) is 1.12. The number of amides is 3. The Morgan fingerprint density at radius 1 is 1.36 bits per heavy atom. The lowest BCUT2D eigenvalue weighted by molar-refractivity contribution is -0.139. The summed E-state index contributed by atoms with van der Waals surface area (Å²) < 4.78 is 5.93. The minimum Gasteiger partial charge on any atom is -0.374 e. The van der Waals surface area contributed by atoms with E-state index in [1.807, 2.05) is 30.0 Å². The van der Waals surface area contributed by atoms with Gasteiger partial charge in [0.2, 0.25) is 5.91 Å². The fourth-order valence-electron chi connectivity index (χ4n) is 3.52. The minimum atomic E-state index is -0.222. The topological polar surface area (TPSA) is 66.0 Å². The summed E-state index contributed by atoms with van der Waals surface area (Å²) in [5.74, 6) is -0.0683. The van der Waals surface area contributed by atoms with Crippen molar-refractivity contribution < 1.29 is 14.3 Å². The maximum Gasteiger partial charge on any atom is 0.319 e. The van der Waals surface area contributed by atoms with E-state index in [0.29, 0.717) is 39.2 Å². The van der Waals surface area contributed by atoms with E-state index in [2.05, 4.69) is 4.98 Å². The van der Waals surface area contributed by atoms with Gasteiger partial charge in [-0.25, -0.2) is 4.79 Å². The van der Waals surface area contributed by atoms with Crippen molar-refractivity contribution in [1.82, 2.24) is 19.7 Å². The summed E-state index contributed by atoms with van der Waals surface area (Å²) in [5, 5.41) is 0. The number of aromatic nitrogens is 1. The number of hydrogen-bond donors (Lipinski definition) is 0. The molecule has 136 valence electrons. The van der Waals surface area contributed by atoms with Crippen LogP contribution in [-0.2, 0) is 16.1 Å². The Kier molecular flexibility index (Phi) is 5.22. The number of carbonyl (C=O) groups excluding carboxylic acids is 2. The van der Waals surface area contributed by atoms with E-state index in [1.165, 1.54) is 0 Å². The summed E-state index contributed by atoms with van der Waals surface area (Å²) in [4.78, 5) is 34.8. The number of pyridine rings is 1. The number of rotatable bonds is 2. The van der Waals surface area contributed by atoms with Crippen molar-refractivity contribution in [2.75, 3.05) is 40.3 Å². The molecule has 0 radical (unpaired) electrons. The average Bonchev–Trinajstić information content (AvgIpc) is 2.73. The van der Waals surface area contributed by atoms with Crippen LogP contribution in [0.2, 0.25) is 0 Å². The van der Waals surface area contributed by atoms with Crippen LogP contribution in [0.15, 0.2) is 18.2 Å². The lowest BCUT2D eigenvalue weighted by atomic mass is 9.92. The quantitative estimate of drug-likeness (QED) is 0.805. The Bertz CT molecular complexity index is 649. The van der Waals surface area contributed by atoms with Crippen LogP contribution in [0.3, 0.4) is 0 Å². The summed E-state index contributed by atoms with van der Waals surface area (Å²) in [7, 11) is 3.48. The molecule has 2 atom stereocenters. The smallest absolute Gasteiger partial charge is 0.319 e. The van der Waals surface area contributed by atoms with Crippen LogP contribution in [0.1, 0.15) is 17.8 Å². The molecule has 0 saturated carbocycles. The molecule has 0 spiro atoms. The lowest BCUT2D eigenvalue weighted by Crippen LogP contribution is -2.53. The van der Waals surface area contributed by atoms with Crippen molar-refractivity contribution in [3.05, 3.63) is 29.6 Å². The third-order valence-corrected chi connectivity index (χ3v) is 4.83. The van der Waals surface area contributed by atoms with Crippen LogP contribution >= 0.6 is 0 Å². The minimum absolute atomic E-state index is 0.0282. The Hall–Kier alpha value is -2.15. The summed E-state index contributed by atoms with van der Waals surface area (Å²) in [6.07, 6.45) is 0.418. The molecular weight excluding hydrogens is 320 g/mol. The van der Waals surface area contributed by atoms with Crippen molar-refractivity contribution in [3.8, 4) is 0 Å². The molecule has 2 fully saturated rings. The first-order valence-corrected chi connectivity index (χ1v) is 8.75. The number of hydrogen-bond acceptors (Lipinski definition) is 4. The van der Waals surface area contributed by atoms with Gasteiger partial charge < -0.3 is 19.4 Å². The van der Waals surface area contributed by atoms with E-state index < -0.39 is 0 Å². The maximum atomic E-state index is 13.0. The molecule has 2 aliphatic rings. The van der Waals surface area contributed by atoms with E-state index in [1.54, 1.807) is 23.9 Å². The second-order valence-corrected chi connectivity index (χ2v) is 6.96. The number of likely N-dealkylation sites (tertiary alicyclic amines) is 1. The molecule has 3 amide bonds. The van der Waals surface area contributed by atoms with E-state index in [-0.39, 0.29) is 24.0 Å². The number of aryl methyl sites for hydroxylation is 1. The highest BCUT2D eigenvalue weighted by molar-refractivity contribution is 5.80. The molecule has 2 aliphatic heterocycles. The zero-order chi connectivity index (χ0) is 18.0. The van der Waals surface area contributed by atoms with Gasteiger partial charge in [-0.05, 0) is 25.5 Å². The summed E-state index contributed by atoms with van der Waals surface area (Å²) in [5.41, 5.74) is 1.84. The van der Waals surface area contributed by atoms with Gasteiger partial charge in [-0.2, -0.15) is 0 Å². The summed E-state index contributed by atoms with van der Waals surface area (Å²) in [6, 6.07) is 5.83. The van der Waals surface area contributed by atoms with Crippen molar-refractivity contribution in [2.24, 2.45) is 5.92 Å². The molecule has 0 aliphatic carbocycles. The SMILES string of the molecule is Cc1cccc(CN2CCO[C@H]3CN(C(=O)N(C)C)CC[C@H]3C2=O)n1. The van der Waals surface area contributed by atoms with Crippen LogP contribution < -0.4 is 0 Å². The molecule has 1 aromatic heterocycles. The number of ether oxygens (including phenoxy) is 1. The molecule has 7 heteroatoms. The van der Waals surface area contributed by atoms with Gasteiger partial charge in [-0.15, -0.1) is 0 Å². The van der Waals surface area contributed by atoms with Gasteiger partial charge in [0, 0.05) is 39.4 Å². The van der Waals surface area contributed by atoms with Crippen LogP contribution in [0.25, 0.3) is 0 Å². The largest absolute Gasteiger partial charge is 0.374 e. The first-order valence-electron chi connectivity index (χ1n) is 8.75. The molecule has 25 heavy (non-hydrogen) atoms. The number of fused-ring (bicyclic) bond motifs is 1. The standard InChI is InChI=1S/C18H26N4O3/c1-13-5-4-6-14(19-13)11-21-9-10-25-16-12-22(18(24)20(2)3)8-7-15(16)17(21)23/h4-6,15-16H,7-12H2,1-3H3/t15-,16+/m1/s1. The Balaban J connectivity index is 1.68. The fourth-order valence-corrected chi connectivity index (χ4v) is 3.52. The normalized spacial score (nSPS) is 23.9. The number of nitrogens with zero attached hydrogens (tertiary/aromatic N) is 4. The lowest BCUT2D eigenvalue weighted by Gasteiger charge is -2.38. The second kappa shape index (κ2) is 7.39. The molecule has 3 rings (SSSR count). The highest BCUT2D eigenvalue weighted by Crippen LogP contribution is 2.26. The number of urea groups is 1. The van der Waals surface area contributed by atoms with Crippen LogP contribution in [0.4, 0.5) is 4.79 Å². The number of piperidine rings is 1. The van der Waals surface area contributed by atoms with Crippen molar-refractivity contribution in [3.63, 3.8) is 0 Å².